The monoisotopic (exact) mass is 767 g/mol. The molecule has 0 fully saturated rings. The maximum Gasteiger partial charge on any atom is 0.0714 e. The van der Waals surface area contributed by atoms with E-state index in [1.807, 2.05) is 11.3 Å². The Bertz CT molecular complexity index is 3340. The lowest BCUT2D eigenvalue weighted by Gasteiger charge is -2.35. The third-order valence-corrected chi connectivity index (χ3v) is 13.8. The molecule has 12 rings (SSSR count). The number of anilines is 3. The molecule has 2 heteroatoms. The highest BCUT2D eigenvalue weighted by Gasteiger charge is 2.46. The molecule has 0 spiro atoms. The minimum Gasteiger partial charge on any atom is -0.309 e. The van der Waals surface area contributed by atoms with E-state index in [4.69, 9.17) is 0 Å². The van der Waals surface area contributed by atoms with Crippen LogP contribution in [0.4, 0.5) is 17.1 Å². The molecule has 1 nitrogen and oxygen atoms in total. The molecule has 0 aliphatic heterocycles. The van der Waals surface area contributed by atoms with Gasteiger partial charge >= 0.3 is 0 Å². The Morgan fingerprint density at radius 3 is 1.68 bits per heavy atom. The molecule has 1 aliphatic rings. The summed E-state index contributed by atoms with van der Waals surface area (Å²) in [7, 11) is 0. The highest BCUT2D eigenvalue weighted by atomic mass is 32.1. The topological polar surface area (TPSA) is 3.24 Å². The summed E-state index contributed by atoms with van der Waals surface area (Å²) in [4.78, 5) is 2.50. The van der Waals surface area contributed by atoms with Crippen molar-refractivity contribution in [3.05, 3.63) is 247 Å². The molecule has 0 saturated carbocycles. The van der Waals surface area contributed by atoms with Crippen LogP contribution in [0.5, 0.6) is 0 Å². The van der Waals surface area contributed by atoms with Crippen molar-refractivity contribution in [1.29, 1.82) is 0 Å². The standard InChI is InChI=1S/C57H37NS/c1-3-18-41(19-4-1)57(42-20-5-2-6-21-42)52-27-12-11-24-48(52)49-36-34-44(37-53(49)57)58(43-32-29-40(30-33-43)46-25-13-17-38-15-7-9-22-45(38)46)54-28-14-26-50-51-35-31-39-16-8-10-23-47(39)55(51)59-56(50)54/h1-37H. The molecule has 0 unspecified atom stereocenters. The van der Waals surface area contributed by atoms with Crippen LogP contribution in [0, 0.1) is 0 Å². The second-order valence-corrected chi connectivity index (χ2v) is 16.6. The molecule has 276 valence electrons. The maximum atomic E-state index is 2.50. The number of rotatable bonds is 6. The fourth-order valence-electron chi connectivity index (χ4n) is 9.95. The van der Waals surface area contributed by atoms with Crippen LogP contribution in [-0.2, 0) is 5.41 Å². The summed E-state index contributed by atoms with van der Waals surface area (Å²) < 4.78 is 2.60. The van der Waals surface area contributed by atoms with E-state index in [2.05, 4.69) is 229 Å². The minimum absolute atomic E-state index is 0.503. The Labute approximate surface area is 347 Å². The predicted octanol–water partition coefficient (Wildman–Crippen LogP) is 15.9. The number of benzene rings is 10. The van der Waals surface area contributed by atoms with Crippen LogP contribution in [0.2, 0.25) is 0 Å². The third kappa shape index (κ3) is 5.10. The predicted molar refractivity (Wildman–Crippen MR) is 252 cm³/mol. The zero-order valence-corrected chi connectivity index (χ0v) is 33.0. The Balaban J connectivity index is 1.12. The molecule has 11 aromatic rings. The molecular formula is C57H37NS. The third-order valence-electron chi connectivity index (χ3n) is 12.5. The highest BCUT2D eigenvalue weighted by molar-refractivity contribution is 7.27. The second kappa shape index (κ2) is 13.4. The number of thiophene rings is 1. The van der Waals surface area contributed by atoms with Gasteiger partial charge in [0.2, 0.25) is 0 Å². The lowest BCUT2D eigenvalue weighted by Crippen LogP contribution is -2.28. The van der Waals surface area contributed by atoms with Crippen molar-refractivity contribution in [2.24, 2.45) is 0 Å². The summed E-state index contributed by atoms with van der Waals surface area (Å²) in [6.07, 6.45) is 0. The van der Waals surface area contributed by atoms with Crippen molar-refractivity contribution >= 4 is 70.1 Å². The quantitative estimate of drug-likeness (QED) is 0.163. The number of hydrogen-bond acceptors (Lipinski definition) is 2. The van der Waals surface area contributed by atoms with E-state index in [1.54, 1.807) is 0 Å². The molecule has 10 aromatic carbocycles. The summed E-state index contributed by atoms with van der Waals surface area (Å²) in [6.45, 7) is 0. The van der Waals surface area contributed by atoms with Crippen LogP contribution in [-0.4, -0.2) is 0 Å². The Kier molecular flexibility index (Phi) is 7.69. The van der Waals surface area contributed by atoms with Gasteiger partial charge in [-0.1, -0.05) is 194 Å². The largest absolute Gasteiger partial charge is 0.309 e. The van der Waals surface area contributed by atoms with Crippen LogP contribution in [0.3, 0.4) is 0 Å². The molecule has 1 aliphatic carbocycles. The van der Waals surface area contributed by atoms with E-state index in [-0.39, 0.29) is 0 Å². The van der Waals surface area contributed by atoms with Crippen LogP contribution in [0.25, 0.3) is 64.0 Å². The van der Waals surface area contributed by atoms with Gasteiger partial charge in [-0.2, -0.15) is 0 Å². The Morgan fingerprint density at radius 1 is 0.339 bits per heavy atom. The van der Waals surface area contributed by atoms with E-state index >= 15 is 0 Å². The second-order valence-electron chi connectivity index (χ2n) is 15.6. The highest BCUT2D eigenvalue weighted by Crippen LogP contribution is 2.57. The lowest BCUT2D eigenvalue weighted by atomic mass is 9.67. The molecule has 0 amide bonds. The molecular weight excluding hydrogens is 731 g/mol. The van der Waals surface area contributed by atoms with Gasteiger partial charge in [0.05, 0.1) is 15.8 Å². The van der Waals surface area contributed by atoms with Crippen LogP contribution < -0.4 is 4.90 Å². The van der Waals surface area contributed by atoms with E-state index in [0.29, 0.717) is 0 Å². The molecule has 1 aromatic heterocycles. The lowest BCUT2D eigenvalue weighted by molar-refractivity contribution is 0.768. The van der Waals surface area contributed by atoms with Crippen molar-refractivity contribution < 1.29 is 0 Å². The number of fused-ring (bicyclic) bond motifs is 9. The van der Waals surface area contributed by atoms with Crippen molar-refractivity contribution in [2.75, 3.05) is 4.90 Å². The van der Waals surface area contributed by atoms with Crippen LogP contribution in [0.1, 0.15) is 22.3 Å². The molecule has 59 heavy (non-hydrogen) atoms. The first-order valence-electron chi connectivity index (χ1n) is 20.3. The zero-order chi connectivity index (χ0) is 38.9. The van der Waals surface area contributed by atoms with Crippen molar-refractivity contribution in [3.63, 3.8) is 0 Å². The summed E-state index contributed by atoms with van der Waals surface area (Å²) in [5.41, 5.74) is 13.0. The van der Waals surface area contributed by atoms with Crippen LogP contribution >= 0.6 is 11.3 Å². The fraction of sp³-hybridized carbons (Fsp3) is 0.0175. The van der Waals surface area contributed by atoms with E-state index in [9.17, 15) is 0 Å². The van der Waals surface area contributed by atoms with Gasteiger partial charge in [0, 0.05) is 26.8 Å². The fourth-order valence-corrected chi connectivity index (χ4v) is 11.3. The summed E-state index contributed by atoms with van der Waals surface area (Å²) in [6, 6.07) is 83.0. The maximum absolute atomic E-state index is 2.50. The SMILES string of the molecule is c1ccc(C2(c3ccccc3)c3ccccc3-c3ccc(N(c4ccc(-c5cccc6ccccc56)cc4)c4cccc5c4sc4c6ccccc6ccc54)cc32)cc1. The normalized spacial score (nSPS) is 12.9. The van der Waals surface area contributed by atoms with Gasteiger partial charge in [0.1, 0.15) is 0 Å². The molecule has 1 heterocycles. The Morgan fingerprint density at radius 2 is 0.898 bits per heavy atom. The molecule has 0 atom stereocenters. The summed E-state index contributed by atoms with van der Waals surface area (Å²) in [5, 5.41) is 7.66. The first-order chi connectivity index (χ1) is 29.3. The number of hydrogen-bond donors (Lipinski definition) is 0. The van der Waals surface area contributed by atoms with E-state index in [1.165, 1.54) is 91.9 Å². The van der Waals surface area contributed by atoms with Gasteiger partial charge in [0.25, 0.3) is 0 Å². The van der Waals surface area contributed by atoms with Gasteiger partial charge in [-0.3, -0.25) is 0 Å². The van der Waals surface area contributed by atoms with E-state index < -0.39 is 5.41 Å². The molecule has 0 N–H and O–H groups in total. The zero-order valence-electron chi connectivity index (χ0n) is 32.2. The molecule has 0 radical (unpaired) electrons. The molecule has 0 bridgehead atoms. The Hall–Kier alpha value is -7.26. The molecule has 0 saturated heterocycles. The van der Waals surface area contributed by atoms with Crippen LogP contribution in [0.15, 0.2) is 224 Å². The van der Waals surface area contributed by atoms with Gasteiger partial charge in [-0.15, -0.1) is 11.3 Å². The summed E-state index contributed by atoms with van der Waals surface area (Å²) >= 11 is 1.90. The first-order valence-corrected chi connectivity index (χ1v) is 21.2. The van der Waals surface area contributed by atoms with Gasteiger partial charge in [-0.05, 0) is 96.4 Å². The van der Waals surface area contributed by atoms with Crippen molar-refractivity contribution in [1.82, 2.24) is 0 Å². The first kappa shape index (κ1) is 33.8. The van der Waals surface area contributed by atoms with Gasteiger partial charge < -0.3 is 4.90 Å². The van der Waals surface area contributed by atoms with E-state index in [0.717, 1.165) is 11.4 Å². The van der Waals surface area contributed by atoms with Gasteiger partial charge in [-0.25, -0.2) is 0 Å². The summed E-state index contributed by atoms with van der Waals surface area (Å²) in [5.74, 6) is 0. The van der Waals surface area contributed by atoms with Gasteiger partial charge in [0.15, 0.2) is 0 Å². The van der Waals surface area contributed by atoms with Crippen molar-refractivity contribution in [2.45, 2.75) is 5.41 Å². The average Bonchev–Trinajstić information content (AvgIpc) is 3.84. The van der Waals surface area contributed by atoms with Crippen molar-refractivity contribution in [3.8, 4) is 22.3 Å². The average molecular weight is 768 g/mol. The smallest absolute Gasteiger partial charge is 0.0714 e. The minimum atomic E-state index is -0.503. The number of nitrogens with zero attached hydrogens (tertiary/aromatic N) is 1.